The Morgan fingerprint density at radius 2 is 1.94 bits per heavy atom. The zero-order valence-corrected chi connectivity index (χ0v) is 9.64. The second-order valence-corrected chi connectivity index (χ2v) is 4.60. The van der Waals surface area contributed by atoms with Crippen molar-refractivity contribution in [1.29, 1.82) is 0 Å². The van der Waals surface area contributed by atoms with Gasteiger partial charge in [0.15, 0.2) is 5.75 Å². The Hall–Kier alpha value is -1.84. The van der Waals surface area contributed by atoms with Crippen LogP contribution in [-0.4, -0.2) is 26.7 Å². The van der Waals surface area contributed by atoms with Crippen LogP contribution >= 0.6 is 0 Å². The van der Waals surface area contributed by atoms with Gasteiger partial charge in [-0.2, -0.15) is 8.42 Å². The van der Waals surface area contributed by atoms with E-state index in [0.717, 1.165) is 0 Å². The molecule has 1 rings (SSSR count). The van der Waals surface area contributed by atoms with Gasteiger partial charge in [-0.25, -0.2) is 0 Å². The van der Waals surface area contributed by atoms with Gasteiger partial charge in [0.25, 0.3) is 10.1 Å². The Bertz CT molecular complexity index is 513. The number of para-hydroxylation sites is 1. The van der Waals surface area contributed by atoms with Gasteiger partial charge in [-0.15, -0.1) is 6.42 Å². The number of ether oxygens (including phenoxy) is 1. The quantitative estimate of drug-likeness (QED) is 0.332. The minimum absolute atomic E-state index is 0.268. The molecule has 0 aromatic heterocycles. The first-order valence-electron chi connectivity index (χ1n) is 4.60. The molecule has 0 heterocycles. The fourth-order valence-corrected chi connectivity index (χ4v) is 1.64. The maximum Gasteiger partial charge on any atom is 0.329 e. The van der Waals surface area contributed by atoms with Crippen LogP contribution < -0.4 is 4.74 Å². The lowest BCUT2D eigenvalue weighted by molar-refractivity contribution is -0.131. The van der Waals surface area contributed by atoms with Crippen molar-refractivity contribution in [1.82, 2.24) is 0 Å². The van der Waals surface area contributed by atoms with E-state index in [1.807, 2.05) is 5.92 Å². The van der Waals surface area contributed by atoms with E-state index in [9.17, 15) is 13.2 Å². The molecule has 1 aromatic rings. The molecule has 90 valence electrons. The number of hydrogen-bond donors (Lipinski definition) is 0. The van der Waals surface area contributed by atoms with Gasteiger partial charge in [0, 0.05) is 0 Å². The van der Waals surface area contributed by atoms with Crippen molar-refractivity contribution in [2.24, 2.45) is 0 Å². The van der Waals surface area contributed by atoms with E-state index in [2.05, 4.69) is 4.18 Å². The van der Waals surface area contributed by atoms with Gasteiger partial charge < -0.3 is 4.74 Å². The van der Waals surface area contributed by atoms with Crippen LogP contribution in [0.25, 0.3) is 0 Å². The Labute approximate surface area is 99.5 Å². The number of benzene rings is 1. The number of terminal acetylenes is 1. The van der Waals surface area contributed by atoms with Crippen LogP contribution in [0.15, 0.2) is 30.3 Å². The van der Waals surface area contributed by atoms with E-state index in [-0.39, 0.29) is 5.75 Å². The highest BCUT2D eigenvalue weighted by Crippen LogP contribution is 2.09. The summed E-state index contributed by atoms with van der Waals surface area (Å²) < 4.78 is 31.4. The van der Waals surface area contributed by atoms with Gasteiger partial charge in [0.2, 0.25) is 0 Å². The molecule has 0 fully saturated rings. The largest absolute Gasteiger partial charge is 0.426 e. The minimum Gasteiger partial charge on any atom is -0.426 e. The van der Waals surface area contributed by atoms with E-state index in [1.54, 1.807) is 18.2 Å². The predicted octanol–water partition coefficient (Wildman–Crippen LogP) is 0.572. The summed E-state index contributed by atoms with van der Waals surface area (Å²) in [7, 11) is -3.98. The van der Waals surface area contributed by atoms with Crippen LogP contribution in [0, 0.1) is 12.3 Å². The zero-order chi connectivity index (χ0) is 12.7. The topological polar surface area (TPSA) is 69.7 Å². The molecule has 0 unspecified atom stereocenters. The van der Waals surface area contributed by atoms with Crippen molar-refractivity contribution >= 4 is 16.1 Å². The van der Waals surface area contributed by atoms with Crippen molar-refractivity contribution in [3.05, 3.63) is 30.3 Å². The summed E-state index contributed by atoms with van der Waals surface area (Å²) in [6, 6.07) is 8.13. The fraction of sp³-hybridized carbons (Fsp3) is 0.182. The van der Waals surface area contributed by atoms with E-state index in [0.29, 0.717) is 0 Å². The molecule has 1 aromatic carbocycles. The second kappa shape index (κ2) is 6.03. The molecule has 0 bridgehead atoms. The molecular weight excluding hydrogens is 244 g/mol. The van der Waals surface area contributed by atoms with Crippen molar-refractivity contribution in [3.8, 4) is 18.1 Å². The first kappa shape index (κ1) is 13.2. The highest BCUT2D eigenvalue weighted by atomic mass is 32.2. The fourth-order valence-electron chi connectivity index (χ4n) is 0.959. The number of esters is 1. The summed E-state index contributed by atoms with van der Waals surface area (Å²) in [6.07, 6.45) is 4.83. The molecule has 6 heteroatoms. The average molecular weight is 254 g/mol. The second-order valence-electron chi connectivity index (χ2n) is 2.96. The normalized spacial score (nSPS) is 10.5. The zero-order valence-electron chi connectivity index (χ0n) is 8.83. The van der Waals surface area contributed by atoms with Crippen LogP contribution in [-0.2, 0) is 19.1 Å². The number of carbonyl (C=O) groups is 1. The number of carbonyl (C=O) groups excluding carboxylic acids is 1. The molecular formula is C11H10O5S. The third kappa shape index (κ3) is 5.15. The summed E-state index contributed by atoms with van der Waals surface area (Å²) in [5.74, 6) is 0.467. The summed E-state index contributed by atoms with van der Waals surface area (Å²) in [4.78, 5) is 11.3. The lowest BCUT2D eigenvalue weighted by atomic mass is 10.3. The molecule has 0 amide bonds. The first-order valence-corrected chi connectivity index (χ1v) is 6.17. The third-order valence-corrected chi connectivity index (χ3v) is 2.66. The molecule has 0 N–H and O–H groups in total. The van der Waals surface area contributed by atoms with Crippen LogP contribution in [0.4, 0.5) is 0 Å². The van der Waals surface area contributed by atoms with Crippen molar-refractivity contribution in [3.63, 3.8) is 0 Å². The summed E-state index contributed by atoms with van der Waals surface area (Å²) in [6.45, 7) is -0.402. The third-order valence-electron chi connectivity index (χ3n) is 1.59. The van der Waals surface area contributed by atoms with E-state index >= 15 is 0 Å². The molecule has 0 aliphatic rings. The van der Waals surface area contributed by atoms with Gasteiger partial charge in [-0.1, -0.05) is 24.1 Å². The highest BCUT2D eigenvalue weighted by molar-refractivity contribution is 7.87. The van der Waals surface area contributed by atoms with Crippen LogP contribution in [0.2, 0.25) is 0 Å². The van der Waals surface area contributed by atoms with Gasteiger partial charge in [-0.05, 0) is 12.1 Å². The molecule has 0 radical (unpaired) electrons. The van der Waals surface area contributed by atoms with E-state index in [1.165, 1.54) is 12.1 Å². The predicted molar refractivity (Wildman–Crippen MR) is 60.6 cm³/mol. The SMILES string of the molecule is C#CCOS(=O)(=O)CC(=O)Oc1ccccc1. The molecule has 0 aliphatic heterocycles. The molecule has 0 saturated carbocycles. The maximum absolute atomic E-state index is 11.3. The monoisotopic (exact) mass is 254 g/mol. The minimum atomic E-state index is -3.98. The van der Waals surface area contributed by atoms with Gasteiger partial charge in [0.05, 0.1) is 0 Å². The number of rotatable bonds is 5. The molecule has 0 spiro atoms. The van der Waals surface area contributed by atoms with Crippen molar-refractivity contribution < 1.29 is 22.1 Å². The first-order chi connectivity index (χ1) is 8.03. The lowest BCUT2D eigenvalue weighted by Crippen LogP contribution is -2.22. The lowest BCUT2D eigenvalue weighted by Gasteiger charge is -2.04. The van der Waals surface area contributed by atoms with Crippen LogP contribution in [0.1, 0.15) is 0 Å². The molecule has 0 atom stereocenters. The Morgan fingerprint density at radius 1 is 1.29 bits per heavy atom. The summed E-state index contributed by atoms with van der Waals surface area (Å²) in [5, 5.41) is 0. The molecule has 5 nitrogen and oxygen atoms in total. The average Bonchev–Trinajstić information content (AvgIpc) is 2.27. The Kier molecular flexibility index (Phi) is 4.69. The smallest absolute Gasteiger partial charge is 0.329 e. The van der Waals surface area contributed by atoms with Gasteiger partial charge in [-0.3, -0.25) is 8.98 Å². The standard InChI is InChI=1S/C11H10O5S/c1-2-8-15-17(13,14)9-11(12)16-10-6-4-3-5-7-10/h1,3-7H,8-9H2. The molecule has 17 heavy (non-hydrogen) atoms. The summed E-state index contributed by atoms with van der Waals surface area (Å²) in [5.41, 5.74) is 0. The molecule has 0 saturated heterocycles. The highest BCUT2D eigenvalue weighted by Gasteiger charge is 2.18. The van der Waals surface area contributed by atoms with Crippen molar-refractivity contribution in [2.75, 3.05) is 12.4 Å². The van der Waals surface area contributed by atoms with Crippen LogP contribution in [0.5, 0.6) is 5.75 Å². The van der Waals surface area contributed by atoms with Crippen molar-refractivity contribution in [2.45, 2.75) is 0 Å². The van der Waals surface area contributed by atoms with E-state index in [4.69, 9.17) is 11.2 Å². The maximum atomic E-state index is 11.3. The molecule has 0 aliphatic carbocycles. The van der Waals surface area contributed by atoms with Gasteiger partial charge >= 0.3 is 5.97 Å². The Morgan fingerprint density at radius 3 is 2.53 bits per heavy atom. The van der Waals surface area contributed by atoms with Gasteiger partial charge in [0.1, 0.15) is 12.4 Å². The number of hydrogen-bond acceptors (Lipinski definition) is 5. The van der Waals surface area contributed by atoms with E-state index < -0.39 is 28.4 Å². The van der Waals surface area contributed by atoms with Crippen LogP contribution in [0.3, 0.4) is 0 Å². The Balaban J connectivity index is 2.54. The summed E-state index contributed by atoms with van der Waals surface area (Å²) >= 11 is 0.